The quantitative estimate of drug-likeness (QED) is 0.358. The molecule has 3 aromatic rings. The van der Waals surface area contributed by atoms with Crippen molar-refractivity contribution < 1.29 is 13.5 Å². The van der Waals surface area contributed by atoms with Crippen molar-refractivity contribution in [2.75, 3.05) is 6.54 Å². The molecule has 6 heteroatoms. The molecule has 36 heavy (non-hydrogen) atoms. The van der Waals surface area contributed by atoms with Crippen LogP contribution in [0.5, 0.6) is 0 Å². The topological polar surface area (TPSA) is 71.3 Å². The first kappa shape index (κ1) is 26.6. The van der Waals surface area contributed by atoms with Crippen molar-refractivity contribution in [2.24, 2.45) is 0 Å². The van der Waals surface area contributed by atoms with E-state index in [1.54, 1.807) is 12.3 Å². The summed E-state index contributed by atoms with van der Waals surface area (Å²) in [6.45, 7) is 19.1. The molecule has 0 saturated heterocycles. The maximum absolute atomic E-state index is 14.5. The van der Waals surface area contributed by atoms with E-state index >= 15 is 0 Å². The number of benzene rings is 2. The molecule has 4 rings (SSSR count). The second-order valence-electron chi connectivity index (χ2n) is 11.0. The van der Waals surface area contributed by atoms with E-state index in [2.05, 4.69) is 65.6 Å². The fourth-order valence-corrected chi connectivity index (χ4v) is 7.66. The molecule has 2 atom stereocenters. The maximum atomic E-state index is 14.5. The van der Waals surface area contributed by atoms with E-state index in [0.717, 1.165) is 27.6 Å². The average Bonchev–Trinajstić information content (AvgIpc) is 3.21. The summed E-state index contributed by atoms with van der Waals surface area (Å²) in [6, 6.07) is 9.39. The Morgan fingerprint density at radius 2 is 1.72 bits per heavy atom. The highest BCUT2D eigenvalue weighted by atomic mass is 32.2. The summed E-state index contributed by atoms with van der Waals surface area (Å²) >= 11 is 0. The Balaban J connectivity index is 2.05. The van der Waals surface area contributed by atoms with Crippen LogP contribution in [-0.2, 0) is 22.0 Å². The fraction of sp³-hybridized carbons (Fsp3) is 0.467. The van der Waals surface area contributed by atoms with Gasteiger partial charge < -0.3 is 10.4 Å². The Morgan fingerprint density at radius 3 is 2.22 bits per heavy atom. The first-order chi connectivity index (χ1) is 16.9. The molecule has 2 N–H and O–H groups in total. The van der Waals surface area contributed by atoms with Crippen LogP contribution in [0.15, 0.2) is 54.1 Å². The molecule has 1 aromatic heterocycles. The van der Waals surface area contributed by atoms with Crippen molar-refractivity contribution in [3.8, 4) is 0 Å². The summed E-state index contributed by atoms with van der Waals surface area (Å²) in [4.78, 5) is 0.409. The third-order valence-corrected chi connectivity index (χ3v) is 9.43. The Labute approximate surface area is 216 Å². The van der Waals surface area contributed by atoms with E-state index < -0.39 is 15.6 Å². The molecule has 5 nitrogen and oxygen atoms in total. The maximum Gasteiger partial charge on any atom is 0.268 e. The SMILES string of the molecule is C=CC1(O)c2cccc3c2c(cn3S(=O)(=O)c2c(C(C)C)cc(C(C)C)cc2C(C)C)CC1NCC. The second kappa shape index (κ2) is 9.47. The van der Waals surface area contributed by atoms with Crippen molar-refractivity contribution >= 4 is 20.9 Å². The monoisotopic (exact) mass is 508 g/mol. The number of hydrogen-bond donors (Lipinski definition) is 2. The highest BCUT2D eigenvalue weighted by Gasteiger charge is 2.42. The van der Waals surface area contributed by atoms with Crippen LogP contribution in [0, 0.1) is 0 Å². The van der Waals surface area contributed by atoms with Gasteiger partial charge in [-0.05, 0) is 64.6 Å². The molecule has 1 aliphatic rings. The van der Waals surface area contributed by atoms with Crippen LogP contribution < -0.4 is 5.32 Å². The van der Waals surface area contributed by atoms with Gasteiger partial charge in [-0.2, -0.15) is 0 Å². The lowest BCUT2D eigenvalue weighted by atomic mass is 9.76. The molecule has 1 aliphatic carbocycles. The van der Waals surface area contributed by atoms with E-state index in [0.29, 0.717) is 34.9 Å². The Kier molecular flexibility index (Phi) is 7.01. The zero-order valence-corrected chi connectivity index (χ0v) is 23.4. The van der Waals surface area contributed by atoms with Gasteiger partial charge in [-0.1, -0.05) is 85.4 Å². The Bertz CT molecular complexity index is 1390. The predicted molar refractivity (Wildman–Crippen MR) is 148 cm³/mol. The normalized spacial score (nSPS) is 20.1. The van der Waals surface area contributed by atoms with Gasteiger partial charge in [0, 0.05) is 17.6 Å². The lowest BCUT2D eigenvalue weighted by Gasteiger charge is -2.38. The highest BCUT2D eigenvalue weighted by molar-refractivity contribution is 7.90. The van der Waals surface area contributed by atoms with Crippen molar-refractivity contribution in [1.82, 2.24) is 9.29 Å². The molecule has 1 heterocycles. The zero-order valence-electron chi connectivity index (χ0n) is 22.6. The van der Waals surface area contributed by atoms with E-state index in [1.165, 1.54) is 3.97 Å². The van der Waals surface area contributed by atoms with Gasteiger partial charge in [0.05, 0.1) is 10.4 Å². The van der Waals surface area contributed by atoms with Gasteiger partial charge in [-0.3, -0.25) is 0 Å². The van der Waals surface area contributed by atoms with E-state index in [9.17, 15) is 13.5 Å². The minimum absolute atomic E-state index is 0.0440. The number of likely N-dealkylation sites (N-methyl/N-ethyl adjacent to an activating group) is 1. The molecular weight excluding hydrogens is 468 g/mol. The summed E-state index contributed by atoms with van der Waals surface area (Å²) in [5.41, 5.74) is 3.78. The molecule has 0 radical (unpaired) electrons. The second-order valence-corrected chi connectivity index (χ2v) is 12.7. The fourth-order valence-electron chi connectivity index (χ4n) is 5.60. The van der Waals surface area contributed by atoms with E-state index in [4.69, 9.17) is 0 Å². The van der Waals surface area contributed by atoms with Gasteiger partial charge in [0.25, 0.3) is 10.0 Å². The highest BCUT2D eigenvalue weighted by Crippen LogP contribution is 2.43. The summed E-state index contributed by atoms with van der Waals surface area (Å²) in [7, 11) is -3.92. The summed E-state index contributed by atoms with van der Waals surface area (Å²) in [6.07, 6.45) is 3.84. The third-order valence-electron chi connectivity index (χ3n) is 7.62. The molecule has 0 fully saturated rings. The summed E-state index contributed by atoms with van der Waals surface area (Å²) < 4.78 is 30.5. The van der Waals surface area contributed by atoms with Crippen LogP contribution in [0.2, 0.25) is 0 Å². The van der Waals surface area contributed by atoms with Crippen molar-refractivity contribution in [2.45, 2.75) is 89.2 Å². The van der Waals surface area contributed by atoms with Crippen LogP contribution in [-0.4, -0.2) is 30.1 Å². The smallest absolute Gasteiger partial charge is 0.268 e. The molecule has 0 amide bonds. The molecule has 0 spiro atoms. The van der Waals surface area contributed by atoms with Gasteiger partial charge in [0.15, 0.2) is 0 Å². The predicted octanol–water partition coefficient (Wildman–Crippen LogP) is 6.16. The van der Waals surface area contributed by atoms with Crippen LogP contribution in [0.25, 0.3) is 10.9 Å². The standard InChI is InChI=1S/C30H40N2O3S/c1-9-30(33)25-12-11-13-26-28(25)22(16-27(30)31-10-2)17-32(26)36(34,35)29-23(19(5)6)14-21(18(3)4)15-24(29)20(7)8/h9,11-15,17-20,27,31,33H,1,10,16H2,2-8H3. The zero-order chi connectivity index (χ0) is 26.6. The van der Waals surface area contributed by atoms with E-state index in [1.807, 2.05) is 25.1 Å². The third kappa shape index (κ3) is 4.04. The molecule has 0 saturated carbocycles. The minimum atomic E-state index is -3.92. The van der Waals surface area contributed by atoms with Gasteiger partial charge >= 0.3 is 0 Å². The average molecular weight is 509 g/mol. The number of aliphatic hydroxyl groups is 1. The summed E-state index contributed by atoms with van der Waals surface area (Å²) in [5, 5.41) is 15.8. The molecule has 0 bridgehead atoms. The number of rotatable bonds is 8. The summed E-state index contributed by atoms with van der Waals surface area (Å²) in [5.74, 6) is 0.386. The van der Waals surface area contributed by atoms with Crippen LogP contribution in [0.4, 0.5) is 0 Å². The van der Waals surface area contributed by atoms with Gasteiger partial charge in [-0.15, -0.1) is 0 Å². The first-order valence-corrected chi connectivity index (χ1v) is 14.5. The van der Waals surface area contributed by atoms with Crippen LogP contribution in [0.1, 0.15) is 94.0 Å². The number of nitrogens with one attached hydrogen (secondary N) is 1. The van der Waals surface area contributed by atoms with E-state index in [-0.39, 0.29) is 17.9 Å². The van der Waals surface area contributed by atoms with Gasteiger partial charge in [-0.25, -0.2) is 12.4 Å². The lowest BCUT2D eigenvalue weighted by Crippen LogP contribution is -2.50. The van der Waals surface area contributed by atoms with Gasteiger partial charge in [0.1, 0.15) is 5.60 Å². The number of nitrogens with zero attached hydrogens (tertiary/aromatic N) is 1. The van der Waals surface area contributed by atoms with Crippen molar-refractivity contribution in [1.29, 1.82) is 0 Å². The molecule has 194 valence electrons. The van der Waals surface area contributed by atoms with Crippen LogP contribution >= 0.6 is 0 Å². The largest absolute Gasteiger partial charge is 0.379 e. The number of hydrogen-bond acceptors (Lipinski definition) is 4. The Morgan fingerprint density at radius 1 is 1.11 bits per heavy atom. The van der Waals surface area contributed by atoms with Crippen molar-refractivity contribution in [3.05, 3.63) is 77.0 Å². The Hall–Kier alpha value is -2.41. The van der Waals surface area contributed by atoms with Crippen molar-refractivity contribution in [3.63, 3.8) is 0 Å². The number of aromatic nitrogens is 1. The molecular formula is C30H40N2O3S. The van der Waals surface area contributed by atoms with Crippen LogP contribution in [0.3, 0.4) is 0 Å². The lowest BCUT2D eigenvalue weighted by molar-refractivity contribution is 0.0446. The molecule has 0 aliphatic heterocycles. The minimum Gasteiger partial charge on any atom is -0.379 e. The van der Waals surface area contributed by atoms with Gasteiger partial charge in [0.2, 0.25) is 0 Å². The molecule has 2 aromatic carbocycles. The molecule has 2 unspecified atom stereocenters. The first-order valence-electron chi connectivity index (χ1n) is 13.0.